The Hall–Kier alpha value is -1.22. The van der Waals surface area contributed by atoms with Crippen LogP contribution in [0.4, 0.5) is 0 Å². The lowest BCUT2D eigenvalue weighted by Crippen LogP contribution is -2.47. The van der Waals surface area contributed by atoms with E-state index in [4.69, 9.17) is 31.1 Å². The van der Waals surface area contributed by atoms with Crippen molar-refractivity contribution in [3.05, 3.63) is 10.4 Å². The van der Waals surface area contributed by atoms with Gasteiger partial charge in [0.05, 0.1) is 0 Å². The molecule has 0 amide bonds. The molecular formula is C6H11N3O6. The molecule has 0 rings (SSSR count). The van der Waals surface area contributed by atoms with Crippen molar-refractivity contribution in [3.8, 4) is 0 Å². The van der Waals surface area contributed by atoms with Crippen LogP contribution in [0.5, 0.6) is 0 Å². The standard InChI is InChI=1S/C6H11N3O6/c7-9-8-6(15)5(14)4(13)3(12)2(11)1-10/h3-6,10,12-15H,1H2/t3-,4-,5+,6?/m0/s1. The molecule has 1 unspecified atom stereocenters. The summed E-state index contributed by atoms with van der Waals surface area (Å²) >= 11 is 0. The molecule has 0 fully saturated rings. The second kappa shape index (κ2) is 6.30. The molecule has 0 aliphatic carbocycles. The quantitative estimate of drug-likeness (QED) is 0.185. The first-order chi connectivity index (χ1) is 6.95. The van der Waals surface area contributed by atoms with Crippen LogP contribution < -0.4 is 0 Å². The lowest BCUT2D eigenvalue weighted by atomic mass is 10.0. The number of hydrogen-bond acceptors (Lipinski definition) is 7. The number of Topliss-reactive ketones (excluding diaryl/α,β-unsaturated/α-hetero) is 1. The largest absolute Gasteiger partial charge is 0.388 e. The molecule has 4 atom stereocenters. The van der Waals surface area contributed by atoms with Gasteiger partial charge in [0.1, 0.15) is 24.9 Å². The van der Waals surface area contributed by atoms with Crippen LogP contribution >= 0.6 is 0 Å². The van der Waals surface area contributed by atoms with E-state index in [9.17, 15) is 4.79 Å². The van der Waals surface area contributed by atoms with E-state index in [0.29, 0.717) is 0 Å². The van der Waals surface area contributed by atoms with Gasteiger partial charge in [-0.15, -0.1) is 0 Å². The Labute approximate surface area is 83.8 Å². The second-order valence-electron chi connectivity index (χ2n) is 2.67. The predicted molar refractivity (Wildman–Crippen MR) is 45.3 cm³/mol. The van der Waals surface area contributed by atoms with Crippen molar-refractivity contribution in [3.63, 3.8) is 0 Å². The van der Waals surface area contributed by atoms with E-state index in [1.807, 2.05) is 0 Å². The molecule has 0 aromatic carbocycles. The van der Waals surface area contributed by atoms with Crippen molar-refractivity contribution < 1.29 is 30.3 Å². The van der Waals surface area contributed by atoms with Crippen molar-refractivity contribution in [1.29, 1.82) is 0 Å². The highest BCUT2D eigenvalue weighted by Crippen LogP contribution is 2.07. The zero-order valence-electron chi connectivity index (χ0n) is 7.50. The van der Waals surface area contributed by atoms with E-state index in [1.165, 1.54) is 0 Å². The van der Waals surface area contributed by atoms with Crippen LogP contribution in [0.3, 0.4) is 0 Å². The molecule has 0 spiro atoms. The Morgan fingerprint density at radius 2 is 1.80 bits per heavy atom. The number of rotatable bonds is 6. The van der Waals surface area contributed by atoms with Gasteiger partial charge < -0.3 is 25.5 Å². The molecule has 0 aliphatic heterocycles. The monoisotopic (exact) mass is 221 g/mol. The molecule has 9 nitrogen and oxygen atoms in total. The van der Waals surface area contributed by atoms with Crippen LogP contribution in [-0.2, 0) is 4.79 Å². The van der Waals surface area contributed by atoms with Crippen LogP contribution in [0, 0.1) is 0 Å². The molecule has 86 valence electrons. The molecule has 0 radical (unpaired) electrons. The van der Waals surface area contributed by atoms with Gasteiger partial charge in [0, 0.05) is 4.91 Å². The highest BCUT2D eigenvalue weighted by atomic mass is 16.4. The van der Waals surface area contributed by atoms with Crippen molar-refractivity contribution in [2.24, 2.45) is 5.11 Å². The highest BCUT2D eigenvalue weighted by Gasteiger charge is 2.33. The van der Waals surface area contributed by atoms with E-state index in [1.54, 1.807) is 0 Å². The summed E-state index contributed by atoms with van der Waals surface area (Å²) in [7, 11) is 0. The Balaban J connectivity index is 4.48. The van der Waals surface area contributed by atoms with Crippen molar-refractivity contribution >= 4 is 5.78 Å². The third-order valence-electron chi connectivity index (χ3n) is 1.63. The van der Waals surface area contributed by atoms with E-state index in [-0.39, 0.29) is 0 Å². The lowest BCUT2D eigenvalue weighted by Gasteiger charge is -2.22. The van der Waals surface area contributed by atoms with Crippen molar-refractivity contribution in [1.82, 2.24) is 0 Å². The second-order valence-corrected chi connectivity index (χ2v) is 2.67. The summed E-state index contributed by atoms with van der Waals surface area (Å²) < 4.78 is 0. The summed E-state index contributed by atoms with van der Waals surface area (Å²) in [6.07, 6.45) is -8.13. The summed E-state index contributed by atoms with van der Waals surface area (Å²) in [6, 6.07) is 0. The Morgan fingerprint density at radius 3 is 2.20 bits per heavy atom. The Bertz CT molecular complexity index is 266. The van der Waals surface area contributed by atoms with Crippen LogP contribution in [-0.4, -0.2) is 62.5 Å². The topological polar surface area (TPSA) is 167 Å². The number of aliphatic hydroxyl groups is 5. The van der Waals surface area contributed by atoms with E-state index < -0.39 is 36.9 Å². The third-order valence-corrected chi connectivity index (χ3v) is 1.63. The number of ketones is 1. The number of nitrogens with zero attached hydrogens (tertiary/aromatic N) is 3. The highest BCUT2D eigenvalue weighted by molar-refractivity contribution is 5.84. The minimum absolute atomic E-state index is 1.03. The number of hydrogen-bond donors (Lipinski definition) is 5. The number of carbonyl (C=O) groups excluding carboxylic acids is 1. The summed E-state index contributed by atoms with van der Waals surface area (Å²) in [6.45, 7) is -1.03. The first kappa shape index (κ1) is 13.8. The molecule has 0 saturated carbocycles. The fraction of sp³-hybridized carbons (Fsp3) is 0.833. The van der Waals surface area contributed by atoms with Gasteiger partial charge in [-0.2, -0.15) is 0 Å². The van der Waals surface area contributed by atoms with Crippen molar-refractivity contribution in [2.45, 2.75) is 24.5 Å². The average Bonchev–Trinajstić information content (AvgIpc) is 2.25. The first-order valence-electron chi connectivity index (χ1n) is 3.85. The normalized spacial score (nSPS) is 18.5. The Kier molecular flexibility index (Phi) is 5.79. The summed E-state index contributed by atoms with van der Waals surface area (Å²) in [5.74, 6) is -1.13. The van der Waals surface area contributed by atoms with Gasteiger partial charge in [-0.05, 0) is 5.53 Å². The number of azide groups is 1. The minimum Gasteiger partial charge on any atom is -0.388 e. The van der Waals surface area contributed by atoms with Gasteiger partial charge in [-0.1, -0.05) is 5.11 Å². The predicted octanol–water partition coefficient (Wildman–Crippen LogP) is -2.74. The maximum Gasteiger partial charge on any atom is 0.189 e. The minimum atomic E-state index is -2.06. The fourth-order valence-corrected chi connectivity index (χ4v) is 0.768. The van der Waals surface area contributed by atoms with Crippen LogP contribution in [0.1, 0.15) is 0 Å². The molecule has 0 aromatic rings. The molecular weight excluding hydrogens is 210 g/mol. The van der Waals surface area contributed by atoms with Crippen LogP contribution in [0.25, 0.3) is 10.4 Å². The van der Waals surface area contributed by atoms with Crippen LogP contribution in [0.15, 0.2) is 5.11 Å². The third kappa shape index (κ3) is 3.80. The van der Waals surface area contributed by atoms with E-state index >= 15 is 0 Å². The molecule has 0 heterocycles. The molecule has 0 aliphatic rings. The summed E-state index contributed by atoms with van der Waals surface area (Å²) in [5, 5.41) is 47.1. The first-order valence-corrected chi connectivity index (χ1v) is 3.85. The summed E-state index contributed by atoms with van der Waals surface area (Å²) in [4.78, 5) is 12.8. The van der Waals surface area contributed by atoms with Crippen LogP contribution in [0.2, 0.25) is 0 Å². The average molecular weight is 221 g/mol. The van der Waals surface area contributed by atoms with E-state index in [0.717, 1.165) is 0 Å². The maximum absolute atomic E-state index is 10.7. The SMILES string of the molecule is [N-]=[N+]=NC(O)[C@H](O)[C@@H](O)[C@@H](O)C(=O)CO. The molecule has 15 heavy (non-hydrogen) atoms. The Morgan fingerprint density at radius 1 is 1.27 bits per heavy atom. The van der Waals surface area contributed by atoms with Crippen molar-refractivity contribution in [2.75, 3.05) is 6.61 Å². The molecule has 0 aromatic heterocycles. The van der Waals surface area contributed by atoms with Gasteiger partial charge >= 0.3 is 0 Å². The zero-order valence-corrected chi connectivity index (χ0v) is 7.50. The number of carbonyl (C=O) groups is 1. The number of aliphatic hydroxyl groups excluding tert-OH is 5. The molecule has 0 saturated heterocycles. The lowest BCUT2D eigenvalue weighted by molar-refractivity contribution is -0.146. The smallest absolute Gasteiger partial charge is 0.189 e. The van der Waals surface area contributed by atoms with Gasteiger partial charge in [-0.25, -0.2) is 0 Å². The summed E-state index contributed by atoms with van der Waals surface area (Å²) in [5.41, 5.74) is 7.90. The van der Waals surface area contributed by atoms with Gasteiger partial charge in [0.2, 0.25) is 0 Å². The molecule has 0 bridgehead atoms. The van der Waals surface area contributed by atoms with Gasteiger partial charge in [-0.3, -0.25) is 4.79 Å². The van der Waals surface area contributed by atoms with E-state index in [2.05, 4.69) is 10.0 Å². The van der Waals surface area contributed by atoms with Gasteiger partial charge in [0.15, 0.2) is 12.0 Å². The fourth-order valence-electron chi connectivity index (χ4n) is 0.768. The van der Waals surface area contributed by atoms with Gasteiger partial charge in [0.25, 0.3) is 0 Å². The zero-order chi connectivity index (χ0) is 12.0. The maximum atomic E-state index is 10.7. The molecule has 5 N–H and O–H groups in total. The molecule has 9 heteroatoms.